The zero-order valence-corrected chi connectivity index (χ0v) is 47.6. The number of nitrogens with zero attached hydrogens (tertiary/aromatic N) is 9. The molecule has 9 rings (SSSR count). The molecule has 2 N–H and O–H groups in total. The minimum Gasteiger partial charge on any atom is -0.464 e. The van der Waals surface area contributed by atoms with E-state index in [1.807, 2.05) is 57.0 Å². The Kier molecular flexibility index (Phi) is 16.9. The monoisotopic (exact) mass is 1120 g/mol. The Labute approximate surface area is 464 Å². The van der Waals surface area contributed by atoms with Crippen LogP contribution in [0.1, 0.15) is 89.1 Å². The molecular formula is C57H76F3N11O7S. The van der Waals surface area contributed by atoms with Crippen molar-refractivity contribution in [1.82, 2.24) is 49.9 Å². The van der Waals surface area contributed by atoms with Crippen molar-refractivity contribution in [2.45, 2.75) is 117 Å². The zero-order valence-electron chi connectivity index (χ0n) is 46.8. The summed E-state index contributed by atoms with van der Waals surface area (Å²) in [5, 5.41) is 7.26. The van der Waals surface area contributed by atoms with Gasteiger partial charge in [0.25, 0.3) is 5.91 Å². The lowest BCUT2D eigenvalue weighted by atomic mass is 9.78. The summed E-state index contributed by atoms with van der Waals surface area (Å²) in [7, 11) is 5.20. The number of anilines is 1. The van der Waals surface area contributed by atoms with E-state index < -0.39 is 60.1 Å². The molecule has 0 unspecified atom stereocenters. The third-order valence-electron chi connectivity index (χ3n) is 16.7. The van der Waals surface area contributed by atoms with Crippen molar-refractivity contribution in [2.75, 3.05) is 91.6 Å². The predicted molar refractivity (Wildman–Crippen MR) is 296 cm³/mol. The number of nitrogens with one attached hydrogen (secondary N) is 2. The number of piperidine rings is 1. The number of hydrazine groups is 1. The number of fused-ring (bicyclic) bond motifs is 6. The Hall–Kier alpha value is -6.10. The molecule has 4 aromatic rings. The number of likely N-dealkylation sites (N-methyl/N-ethyl adjacent to an activating group) is 2. The summed E-state index contributed by atoms with van der Waals surface area (Å²) < 4.78 is 58.5. The van der Waals surface area contributed by atoms with E-state index in [2.05, 4.69) is 34.2 Å². The van der Waals surface area contributed by atoms with Crippen LogP contribution in [0.3, 0.4) is 0 Å². The van der Waals surface area contributed by atoms with Crippen LogP contribution in [0.25, 0.3) is 33.4 Å². The normalized spacial score (nSPS) is 22.0. The molecule has 22 heteroatoms. The van der Waals surface area contributed by atoms with Crippen LogP contribution < -0.4 is 15.6 Å². The number of halogens is 3. The molecule has 0 saturated carbocycles. The number of carbonyl (C=O) groups is 5. The third kappa shape index (κ3) is 12.5. The van der Waals surface area contributed by atoms with Crippen molar-refractivity contribution in [3.63, 3.8) is 0 Å². The number of amides is 5. The summed E-state index contributed by atoms with van der Waals surface area (Å²) in [6.45, 7) is 17.0. The SMILES string of the molecule is C=CC(=O)N1CCC2(CCN(C(=O)N(C)[C@H](C(=O)N[C@H]3Cc4nc(cs4)-c4ccc5c(c4)c(c(-c4cc(N6CCN(C)CC6)cnc4[C@H](C)OC)n5CC(F)(F)F)CC(C)(C)COC(=O)[C@@H]4CCCN(N4)C3=O)C(C)C)CC2)C1. The number of piperazine rings is 1. The molecule has 5 aliphatic heterocycles. The van der Waals surface area contributed by atoms with E-state index in [9.17, 15) is 24.0 Å². The van der Waals surface area contributed by atoms with Crippen LogP contribution in [0.5, 0.6) is 0 Å². The minimum atomic E-state index is -4.62. The fourth-order valence-electron chi connectivity index (χ4n) is 12.2. The Bertz CT molecular complexity index is 2940. The lowest BCUT2D eigenvalue weighted by molar-refractivity contribution is -0.155. The number of thiazole rings is 1. The van der Waals surface area contributed by atoms with Gasteiger partial charge in [-0.3, -0.25) is 29.2 Å². The number of ether oxygens (including phenoxy) is 2. The van der Waals surface area contributed by atoms with Gasteiger partial charge in [0.1, 0.15) is 24.7 Å². The molecule has 428 valence electrons. The number of rotatable bonds is 10. The molecule has 5 aliphatic rings. The molecule has 4 atom stereocenters. The van der Waals surface area contributed by atoms with Crippen LogP contribution in [0.4, 0.5) is 23.7 Å². The van der Waals surface area contributed by atoms with E-state index in [0.717, 1.165) is 25.2 Å². The highest BCUT2D eigenvalue weighted by Crippen LogP contribution is 2.45. The van der Waals surface area contributed by atoms with Gasteiger partial charge in [0, 0.05) is 112 Å². The summed E-state index contributed by atoms with van der Waals surface area (Å²) in [5.41, 5.74) is 6.41. The number of alkyl halides is 3. The van der Waals surface area contributed by atoms with E-state index >= 15 is 13.2 Å². The molecule has 4 fully saturated rings. The van der Waals surface area contributed by atoms with E-state index in [1.54, 1.807) is 37.4 Å². The van der Waals surface area contributed by atoms with Gasteiger partial charge in [-0.1, -0.05) is 40.3 Å². The standard InChI is InChI=1S/C57H76F3N11O7S/c1-10-47(72)69-21-17-56(32-69)15-19-68(20-16-56)54(76)66(8)49(35(2)3)51(73)63-43-28-46-62-44(31-79-46)37-13-14-45-39(26-37)41(29-55(5,6)34-78-53(75)42-12-11-18-71(64-42)52(43)74)50(70(45)33-57(58,59)60)40-27-38(30-61-48(40)36(4)77-9)67-24-22-65(7)23-25-67/h10,13-14,26-27,30-31,35-36,42-43,49,64H,1,11-12,15-25,28-29,32-34H2,2-9H3,(H,63,73)/t36-,42-,43-,49-/m0/s1. The topological polar surface area (TPSA) is 178 Å². The van der Waals surface area contributed by atoms with Crippen molar-refractivity contribution >= 4 is 57.6 Å². The van der Waals surface area contributed by atoms with Gasteiger partial charge < -0.3 is 43.9 Å². The first-order valence-electron chi connectivity index (χ1n) is 27.6. The summed E-state index contributed by atoms with van der Waals surface area (Å²) >= 11 is 1.28. The van der Waals surface area contributed by atoms with Gasteiger partial charge in [-0.25, -0.2) is 15.2 Å². The summed E-state index contributed by atoms with van der Waals surface area (Å²) in [5.74, 6) is -2.10. The number of pyridine rings is 1. The number of hydrogen-bond donors (Lipinski definition) is 2. The second-order valence-electron chi connectivity index (χ2n) is 23.5. The zero-order chi connectivity index (χ0) is 56.7. The van der Waals surface area contributed by atoms with E-state index in [4.69, 9.17) is 19.4 Å². The van der Waals surface area contributed by atoms with Crippen LogP contribution in [-0.4, -0.2) is 180 Å². The highest BCUT2D eigenvalue weighted by atomic mass is 32.1. The van der Waals surface area contributed by atoms with Crippen molar-refractivity contribution in [3.05, 3.63) is 64.8 Å². The smallest absolute Gasteiger partial charge is 0.406 e. The Balaban J connectivity index is 1.07. The molecule has 4 saturated heterocycles. The van der Waals surface area contributed by atoms with Crippen LogP contribution in [0.2, 0.25) is 0 Å². The second kappa shape index (κ2) is 23.2. The average molecular weight is 1120 g/mol. The summed E-state index contributed by atoms with van der Waals surface area (Å²) in [6.07, 6.45) is 1.12. The van der Waals surface area contributed by atoms with Crippen molar-refractivity contribution in [3.8, 4) is 22.5 Å². The Morgan fingerprint density at radius 3 is 2.41 bits per heavy atom. The summed E-state index contributed by atoms with van der Waals surface area (Å²) in [6, 6.07) is 3.84. The molecule has 1 aromatic carbocycles. The van der Waals surface area contributed by atoms with E-state index in [1.165, 1.54) is 31.9 Å². The van der Waals surface area contributed by atoms with Crippen LogP contribution in [-0.2, 0) is 48.0 Å². The number of esters is 1. The molecule has 8 heterocycles. The second-order valence-corrected chi connectivity index (χ2v) is 24.4. The average Bonchev–Trinajstić information content (AvgIpc) is 4.31. The molecule has 3 aromatic heterocycles. The number of aromatic nitrogens is 3. The highest BCUT2D eigenvalue weighted by Gasteiger charge is 2.45. The molecule has 79 heavy (non-hydrogen) atoms. The number of urea groups is 1. The van der Waals surface area contributed by atoms with Gasteiger partial charge in [0.15, 0.2) is 0 Å². The number of carbonyl (C=O) groups excluding carboxylic acids is 5. The largest absolute Gasteiger partial charge is 0.464 e. The fraction of sp³-hybridized carbons (Fsp3) is 0.596. The molecule has 6 bridgehead atoms. The van der Waals surface area contributed by atoms with Gasteiger partial charge in [-0.15, -0.1) is 11.3 Å². The maximum Gasteiger partial charge on any atom is 0.406 e. The predicted octanol–water partition coefficient (Wildman–Crippen LogP) is 7.07. The van der Waals surface area contributed by atoms with Gasteiger partial charge >= 0.3 is 18.2 Å². The van der Waals surface area contributed by atoms with Gasteiger partial charge in [-0.2, -0.15) is 13.2 Å². The lowest BCUT2D eigenvalue weighted by Crippen LogP contribution is -2.62. The number of methoxy groups -OCH3 is 1. The van der Waals surface area contributed by atoms with Gasteiger partial charge in [0.2, 0.25) is 11.8 Å². The van der Waals surface area contributed by atoms with Crippen molar-refractivity contribution in [2.24, 2.45) is 16.7 Å². The molecular weight excluding hydrogens is 1040 g/mol. The first-order valence-corrected chi connectivity index (χ1v) is 28.5. The molecule has 5 amide bonds. The Morgan fingerprint density at radius 2 is 1.73 bits per heavy atom. The molecule has 0 radical (unpaired) electrons. The number of benzene rings is 1. The quantitative estimate of drug-likeness (QED) is 0.122. The first-order chi connectivity index (χ1) is 37.5. The molecule has 0 aliphatic carbocycles. The van der Waals surface area contributed by atoms with Crippen molar-refractivity contribution < 1.29 is 46.6 Å². The third-order valence-corrected chi connectivity index (χ3v) is 17.6. The Morgan fingerprint density at radius 1 is 1.03 bits per heavy atom. The van der Waals surface area contributed by atoms with Gasteiger partial charge in [-0.05, 0) is 93.7 Å². The summed E-state index contributed by atoms with van der Waals surface area (Å²) in [4.78, 5) is 89.7. The van der Waals surface area contributed by atoms with Crippen LogP contribution >= 0.6 is 11.3 Å². The van der Waals surface area contributed by atoms with Crippen LogP contribution in [0.15, 0.2) is 48.5 Å². The molecule has 1 spiro atoms. The van der Waals surface area contributed by atoms with Crippen LogP contribution in [0, 0.1) is 16.7 Å². The van der Waals surface area contributed by atoms with E-state index in [0.29, 0.717) is 115 Å². The lowest BCUT2D eigenvalue weighted by Gasteiger charge is -2.42. The fourth-order valence-corrected chi connectivity index (χ4v) is 13.1. The maximum atomic E-state index is 15.1. The number of hydrogen-bond acceptors (Lipinski definition) is 13. The van der Waals surface area contributed by atoms with E-state index in [-0.39, 0.29) is 49.3 Å². The molecule has 18 nitrogen and oxygen atoms in total. The maximum absolute atomic E-state index is 15.1. The first kappa shape index (κ1) is 57.6. The van der Waals surface area contributed by atoms with Gasteiger partial charge in [0.05, 0.1) is 46.7 Å². The number of cyclic esters (lactones) is 1. The number of likely N-dealkylation sites (tertiary alicyclic amines) is 2. The minimum absolute atomic E-state index is 0.0461. The van der Waals surface area contributed by atoms with Crippen molar-refractivity contribution in [1.29, 1.82) is 0 Å². The highest BCUT2D eigenvalue weighted by molar-refractivity contribution is 7.10.